The molecule has 1 atom stereocenters. The molecule has 0 saturated carbocycles. The number of rotatable bonds is 3. The summed E-state index contributed by atoms with van der Waals surface area (Å²) in [7, 11) is 0. The van der Waals surface area contributed by atoms with Crippen LogP contribution in [0.1, 0.15) is 12.0 Å². The summed E-state index contributed by atoms with van der Waals surface area (Å²) in [4.78, 5) is 18.4. The van der Waals surface area contributed by atoms with Gasteiger partial charge in [-0.05, 0) is 30.2 Å². The van der Waals surface area contributed by atoms with Crippen LogP contribution in [-0.4, -0.2) is 32.2 Å². The Morgan fingerprint density at radius 1 is 1.36 bits per heavy atom. The molecule has 0 aliphatic carbocycles. The minimum atomic E-state index is -0.574. The number of aromatic nitrogens is 3. The highest BCUT2D eigenvalue weighted by atomic mass is 16.3. The maximum atomic E-state index is 12.4. The summed E-state index contributed by atoms with van der Waals surface area (Å²) in [5.41, 5.74) is 3.91. The standard InChI is InChI=1S/C18H15N5O2/c19-8-13-4-6-22(18(13)25)16-3-5-21-23-10-14(7-17(16)23)15-2-1-12(11-24)9-20-15/h1-3,5,7,9-10,13,24H,4,6,11H2. The maximum absolute atomic E-state index is 12.4. The van der Waals surface area contributed by atoms with Gasteiger partial charge in [0.2, 0.25) is 5.91 Å². The molecule has 4 rings (SSSR count). The first-order valence-corrected chi connectivity index (χ1v) is 7.96. The predicted octanol–water partition coefficient (Wildman–Crippen LogP) is 1.77. The lowest BCUT2D eigenvalue weighted by Crippen LogP contribution is -2.27. The highest BCUT2D eigenvalue weighted by Gasteiger charge is 2.33. The first-order chi connectivity index (χ1) is 12.2. The van der Waals surface area contributed by atoms with E-state index in [0.29, 0.717) is 13.0 Å². The van der Waals surface area contributed by atoms with Gasteiger partial charge in [-0.25, -0.2) is 4.52 Å². The number of nitrogens with zero attached hydrogens (tertiary/aromatic N) is 5. The molecule has 7 heteroatoms. The highest BCUT2D eigenvalue weighted by Crippen LogP contribution is 2.31. The Balaban J connectivity index is 1.76. The van der Waals surface area contributed by atoms with Crippen LogP contribution in [0.5, 0.6) is 0 Å². The van der Waals surface area contributed by atoms with Crippen molar-refractivity contribution >= 4 is 17.1 Å². The van der Waals surface area contributed by atoms with E-state index >= 15 is 0 Å². The Kier molecular flexibility index (Phi) is 3.67. The van der Waals surface area contributed by atoms with E-state index < -0.39 is 5.92 Å². The SMILES string of the molecule is N#CC1CCN(c2ccnn3cc(-c4ccc(CO)cn4)cc23)C1=O. The molecular formula is C18H15N5O2. The molecule has 1 saturated heterocycles. The third kappa shape index (κ3) is 2.53. The Morgan fingerprint density at radius 3 is 2.92 bits per heavy atom. The van der Waals surface area contributed by atoms with Crippen LogP contribution < -0.4 is 4.90 Å². The minimum absolute atomic E-state index is 0.0478. The summed E-state index contributed by atoms with van der Waals surface area (Å²) in [6.45, 7) is 0.481. The van der Waals surface area contributed by atoms with E-state index in [4.69, 9.17) is 10.4 Å². The number of nitriles is 1. The first-order valence-electron chi connectivity index (χ1n) is 7.96. The molecule has 124 valence electrons. The molecule has 1 aliphatic rings. The topological polar surface area (TPSA) is 94.5 Å². The van der Waals surface area contributed by atoms with E-state index in [1.54, 1.807) is 27.9 Å². The number of aliphatic hydroxyl groups excluding tert-OH is 1. The van der Waals surface area contributed by atoms with E-state index in [9.17, 15) is 4.79 Å². The van der Waals surface area contributed by atoms with Crippen molar-refractivity contribution in [2.24, 2.45) is 5.92 Å². The molecule has 1 fully saturated rings. The van der Waals surface area contributed by atoms with Crippen molar-refractivity contribution in [3.8, 4) is 17.3 Å². The van der Waals surface area contributed by atoms with Crippen LogP contribution in [0.4, 0.5) is 5.69 Å². The molecule has 1 amide bonds. The molecule has 3 aromatic rings. The molecule has 0 spiro atoms. The molecule has 1 aliphatic heterocycles. The molecule has 0 radical (unpaired) electrons. The van der Waals surface area contributed by atoms with Crippen molar-refractivity contribution in [3.05, 3.63) is 48.4 Å². The van der Waals surface area contributed by atoms with Crippen molar-refractivity contribution in [3.63, 3.8) is 0 Å². The zero-order valence-electron chi connectivity index (χ0n) is 13.3. The number of hydrogen-bond donors (Lipinski definition) is 1. The van der Waals surface area contributed by atoms with Gasteiger partial charge < -0.3 is 10.0 Å². The molecule has 1 unspecified atom stereocenters. The number of carbonyl (C=O) groups is 1. The van der Waals surface area contributed by atoms with E-state index in [1.165, 1.54) is 0 Å². The molecule has 7 nitrogen and oxygen atoms in total. The van der Waals surface area contributed by atoms with Gasteiger partial charge in [0.1, 0.15) is 5.92 Å². The second-order valence-corrected chi connectivity index (χ2v) is 5.95. The van der Waals surface area contributed by atoms with Crippen LogP contribution in [-0.2, 0) is 11.4 Å². The van der Waals surface area contributed by atoms with Crippen LogP contribution in [0.2, 0.25) is 0 Å². The zero-order valence-corrected chi connectivity index (χ0v) is 13.3. The smallest absolute Gasteiger partial charge is 0.244 e. The van der Waals surface area contributed by atoms with Gasteiger partial charge in [-0.2, -0.15) is 10.4 Å². The van der Waals surface area contributed by atoms with Crippen molar-refractivity contribution in [1.82, 2.24) is 14.6 Å². The van der Waals surface area contributed by atoms with Crippen LogP contribution in [0.3, 0.4) is 0 Å². The normalized spacial score (nSPS) is 17.2. The van der Waals surface area contributed by atoms with Crippen LogP contribution >= 0.6 is 0 Å². The van der Waals surface area contributed by atoms with Crippen LogP contribution in [0, 0.1) is 17.2 Å². The maximum Gasteiger partial charge on any atom is 0.244 e. The van der Waals surface area contributed by atoms with Crippen LogP contribution in [0.25, 0.3) is 16.8 Å². The number of anilines is 1. The Bertz CT molecular complexity index is 987. The third-order valence-electron chi connectivity index (χ3n) is 4.44. The second-order valence-electron chi connectivity index (χ2n) is 5.95. The monoisotopic (exact) mass is 333 g/mol. The first kappa shape index (κ1) is 15.3. The second kappa shape index (κ2) is 6.00. The van der Waals surface area contributed by atoms with Crippen molar-refractivity contribution in [2.45, 2.75) is 13.0 Å². The van der Waals surface area contributed by atoms with Crippen LogP contribution in [0.15, 0.2) is 42.9 Å². The van der Waals surface area contributed by atoms with Crippen molar-refractivity contribution in [2.75, 3.05) is 11.4 Å². The fourth-order valence-corrected chi connectivity index (χ4v) is 3.10. The van der Waals surface area contributed by atoms with E-state index in [2.05, 4.69) is 16.2 Å². The van der Waals surface area contributed by atoms with Crippen molar-refractivity contribution < 1.29 is 9.90 Å². The summed E-state index contributed by atoms with van der Waals surface area (Å²) in [5, 5.41) is 22.5. The van der Waals surface area contributed by atoms with Gasteiger partial charge in [0.25, 0.3) is 0 Å². The number of fused-ring (bicyclic) bond motifs is 1. The van der Waals surface area contributed by atoms with Gasteiger partial charge >= 0.3 is 0 Å². The lowest BCUT2D eigenvalue weighted by Gasteiger charge is -2.16. The Labute approximate surface area is 143 Å². The van der Waals surface area contributed by atoms with Gasteiger partial charge in [0.15, 0.2) is 0 Å². The van der Waals surface area contributed by atoms with Gasteiger partial charge in [0.05, 0.1) is 29.6 Å². The van der Waals surface area contributed by atoms with Gasteiger partial charge in [-0.1, -0.05) is 6.07 Å². The molecule has 1 N–H and O–H groups in total. The van der Waals surface area contributed by atoms with Crippen molar-refractivity contribution in [1.29, 1.82) is 5.26 Å². The number of aliphatic hydroxyl groups is 1. The Hall–Kier alpha value is -3.24. The van der Waals surface area contributed by atoms with E-state index in [1.807, 2.05) is 24.4 Å². The summed E-state index contributed by atoms with van der Waals surface area (Å²) in [6.07, 6.45) is 5.67. The lowest BCUT2D eigenvalue weighted by atomic mass is 10.1. The summed E-state index contributed by atoms with van der Waals surface area (Å²) in [6, 6.07) is 9.44. The fourth-order valence-electron chi connectivity index (χ4n) is 3.10. The number of carbonyl (C=O) groups excluding carboxylic acids is 1. The molecule has 3 aromatic heterocycles. The molecule has 0 bridgehead atoms. The third-order valence-corrected chi connectivity index (χ3v) is 4.44. The lowest BCUT2D eigenvalue weighted by molar-refractivity contribution is -0.118. The Morgan fingerprint density at radius 2 is 2.24 bits per heavy atom. The van der Waals surface area contributed by atoms with Gasteiger partial charge in [-0.15, -0.1) is 0 Å². The number of amides is 1. The predicted molar refractivity (Wildman–Crippen MR) is 90.4 cm³/mol. The largest absolute Gasteiger partial charge is 0.392 e. The summed E-state index contributed by atoms with van der Waals surface area (Å²) in [5.74, 6) is -0.737. The average molecular weight is 333 g/mol. The fraction of sp³-hybridized carbons (Fsp3) is 0.222. The zero-order chi connectivity index (χ0) is 17.4. The average Bonchev–Trinajstić information content (AvgIpc) is 3.25. The summed E-state index contributed by atoms with van der Waals surface area (Å²) >= 11 is 0. The molecule has 25 heavy (non-hydrogen) atoms. The molecular weight excluding hydrogens is 318 g/mol. The molecule has 4 heterocycles. The minimum Gasteiger partial charge on any atom is -0.392 e. The van der Waals surface area contributed by atoms with E-state index in [0.717, 1.165) is 28.0 Å². The van der Waals surface area contributed by atoms with Gasteiger partial charge in [0, 0.05) is 30.7 Å². The number of pyridine rings is 1. The summed E-state index contributed by atoms with van der Waals surface area (Å²) < 4.78 is 1.71. The van der Waals surface area contributed by atoms with Gasteiger partial charge in [-0.3, -0.25) is 9.78 Å². The highest BCUT2D eigenvalue weighted by molar-refractivity contribution is 6.02. The number of hydrogen-bond acceptors (Lipinski definition) is 5. The molecule has 0 aromatic carbocycles. The quantitative estimate of drug-likeness (QED) is 0.788. The van der Waals surface area contributed by atoms with E-state index in [-0.39, 0.29) is 12.5 Å².